The summed E-state index contributed by atoms with van der Waals surface area (Å²) < 4.78 is 29.8. The molecule has 2 bridgehead atoms. The quantitative estimate of drug-likeness (QED) is 0.329. The summed E-state index contributed by atoms with van der Waals surface area (Å²) in [7, 11) is 0. The number of hydrogen-bond acceptors (Lipinski definition) is 11. The van der Waals surface area contributed by atoms with E-state index in [0.717, 1.165) is 5.56 Å². The van der Waals surface area contributed by atoms with Gasteiger partial charge in [0.05, 0.1) is 42.7 Å². The topological polar surface area (TPSA) is 165 Å². The number of carbonyl (C=O) groups is 3. The van der Waals surface area contributed by atoms with E-state index in [2.05, 4.69) is 6.92 Å². The fraction of sp³-hybridized carbons (Fsp3) is 0.788. The van der Waals surface area contributed by atoms with Crippen molar-refractivity contribution in [3.8, 4) is 0 Å². The van der Waals surface area contributed by atoms with E-state index in [1.807, 2.05) is 19.9 Å². The molecule has 4 saturated carbocycles. The molecule has 3 N–H and O–H groups in total. The van der Waals surface area contributed by atoms with Gasteiger partial charge in [0.15, 0.2) is 6.10 Å². The number of carbonyl (C=O) groups excluding carboxylic acids is 3. The van der Waals surface area contributed by atoms with E-state index in [1.165, 1.54) is 6.92 Å². The van der Waals surface area contributed by atoms with Crippen molar-refractivity contribution in [1.82, 2.24) is 0 Å². The standard InChI is InChI=1S/C33H44O11/c1-7-15(2)27(39)43-28-30(5)20-11-21(36)31(6)24(32(20,14-41-28)26(38)23(25(30)37)42-16(3)34)19(35)12-29(4)18(17-8-9-40-13-17)10-22-33(29,31)44-22/h8-9,13,15,18,20-26,28,36-38H,7,10-12,14H2,1-6H3/t15-,18+,20+,21-,22-,23+,24?,25-,26+,28-,29+,30-,31-,32+,33-/m1/s1. The lowest BCUT2D eigenvalue weighted by Crippen LogP contribution is -2.83. The fourth-order valence-corrected chi connectivity index (χ4v) is 11.3. The van der Waals surface area contributed by atoms with Crippen LogP contribution in [-0.2, 0) is 33.3 Å². The van der Waals surface area contributed by atoms with Gasteiger partial charge in [0.25, 0.3) is 0 Å². The Morgan fingerprint density at radius 3 is 2.48 bits per heavy atom. The molecule has 15 atom stereocenters. The number of aliphatic hydroxyl groups is 3. The Kier molecular flexibility index (Phi) is 6.47. The van der Waals surface area contributed by atoms with E-state index in [1.54, 1.807) is 26.4 Å². The number of esters is 2. The van der Waals surface area contributed by atoms with Crippen LogP contribution in [0.25, 0.3) is 0 Å². The van der Waals surface area contributed by atoms with Crippen molar-refractivity contribution in [3.05, 3.63) is 24.2 Å². The Labute approximate surface area is 256 Å². The lowest BCUT2D eigenvalue weighted by molar-refractivity contribution is -0.389. The zero-order valence-electron chi connectivity index (χ0n) is 26.1. The Bertz CT molecular complexity index is 1380. The molecule has 3 heterocycles. The molecule has 6 aliphatic rings. The van der Waals surface area contributed by atoms with Crippen LogP contribution in [0.3, 0.4) is 0 Å². The summed E-state index contributed by atoms with van der Waals surface area (Å²) in [5.41, 5.74) is -4.50. The predicted molar refractivity (Wildman–Crippen MR) is 151 cm³/mol. The van der Waals surface area contributed by atoms with Gasteiger partial charge >= 0.3 is 11.9 Å². The first-order valence-electron chi connectivity index (χ1n) is 15.9. The molecule has 1 unspecified atom stereocenters. The van der Waals surface area contributed by atoms with E-state index in [9.17, 15) is 29.7 Å². The van der Waals surface area contributed by atoms with Gasteiger partial charge in [-0.25, -0.2) is 0 Å². The van der Waals surface area contributed by atoms with Gasteiger partial charge in [0, 0.05) is 35.5 Å². The van der Waals surface area contributed by atoms with Crippen LogP contribution >= 0.6 is 0 Å². The highest BCUT2D eigenvalue weighted by Crippen LogP contribution is 2.82. The molecule has 2 saturated heterocycles. The summed E-state index contributed by atoms with van der Waals surface area (Å²) in [6, 6.07) is 1.91. The molecule has 7 rings (SSSR count). The van der Waals surface area contributed by atoms with E-state index in [4.69, 9.17) is 23.4 Å². The van der Waals surface area contributed by atoms with Crippen LogP contribution in [0.15, 0.2) is 23.0 Å². The van der Waals surface area contributed by atoms with E-state index >= 15 is 0 Å². The molecular weight excluding hydrogens is 572 g/mol. The van der Waals surface area contributed by atoms with Crippen molar-refractivity contribution >= 4 is 17.7 Å². The van der Waals surface area contributed by atoms with Crippen molar-refractivity contribution in [2.45, 2.75) is 116 Å². The van der Waals surface area contributed by atoms with Gasteiger partial charge in [0.2, 0.25) is 6.29 Å². The number of aliphatic hydroxyl groups excluding tert-OH is 3. The van der Waals surface area contributed by atoms with Gasteiger partial charge in [-0.3, -0.25) is 14.4 Å². The maximum Gasteiger partial charge on any atom is 0.310 e. The lowest BCUT2D eigenvalue weighted by atomic mass is 9.33. The monoisotopic (exact) mass is 616 g/mol. The molecule has 0 amide bonds. The Balaban J connectivity index is 1.37. The number of epoxide rings is 1. The average molecular weight is 617 g/mol. The van der Waals surface area contributed by atoms with Gasteiger partial charge in [-0.05, 0) is 42.7 Å². The molecule has 11 nitrogen and oxygen atoms in total. The Hall–Kier alpha value is -2.31. The SMILES string of the molecule is CC[C@@H](C)C(=O)O[C@H]1OC[C@@]23C4C(=O)C[C@@]5(C)[C@H](c6ccoc6)C[C@H]6O[C@]65[C@]4(C)[C@H](O)C[C@H]2[C@]1(C)[C@H](O)[C@H](OC(C)=O)[C@@H]3O. The summed E-state index contributed by atoms with van der Waals surface area (Å²) >= 11 is 0. The number of Topliss-reactive ketones (excluding diaryl/α,β-unsaturated/α-hetero) is 1. The van der Waals surface area contributed by atoms with Crippen LogP contribution in [0, 0.1) is 39.4 Å². The third-order valence-electron chi connectivity index (χ3n) is 13.4. The van der Waals surface area contributed by atoms with E-state index < -0.39 is 87.7 Å². The first-order chi connectivity index (χ1) is 20.7. The van der Waals surface area contributed by atoms with Crippen LogP contribution in [-0.4, -0.2) is 82.1 Å². The molecule has 11 heteroatoms. The summed E-state index contributed by atoms with van der Waals surface area (Å²) in [6.45, 7) is 10.2. The number of furan rings is 1. The second-order valence-corrected chi connectivity index (χ2v) is 15.1. The third-order valence-corrected chi connectivity index (χ3v) is 13.4. The maximum atomic E-state index is 14.8. The molecule has 44 heavy (non-hydrogen) atoms. The molecule has 242 valence electrons. The molecule has 6 fully saturated rings. The van der Waals surface area contributed by atoms with Gasteiger partial charge < -0.3 is 38.7 Å². The largest absolute Gasteiger partial charge is 0.472 e. The minimum absolute atomic E-state index is 0.0340. The van der Waals surface area contributed by atoms with Crippen molar-refractivity contribution < 1.29 is 53.1 Å². The summed E-state index contributed by atoms with van der Waals surface area (Å²) in [6.07, 6.45) is -2.24. The van der Waals surface area contributed by atoms with Crippen molar-refractivity contribution in [3.63, 3.8) is 0 Å². The molecule has 4 aliphatic carbocycles. The van der Waals surface area contributed by atoms with Gasteiger partial charge in [-0.2, -0.15) is 0 Å². The molecule has 0 aromatic carbocycles. The number of rotatable bonds is 5. The van der Waals surface area contributed by atoms with Crippen LogP contribution in [0.5, 0.6) is 0 Å². The molecular formula is C33H44O11. The highest BCUT2D eigenvalue weighted by Gasteiger charge is 2.90. The lowest BCUT2D eigenvalue weighted by Gasteiger charge is -2.73. The number of fused-ring (bicyclic) bond motifs is 1. The zero-order chi connectivity index (χ0) is 31.8. The fourth-order valence-electron chi connectivity index (χ4n) is 11.3. The van der Waals surface area contributed by atoms with Gasteiger partial charge in [-0.15, -0.1) is 0 Å². The molecule has 2 aliphatic heterocycles. The van der Waals surface area contributed by atoms with Gasteiger partial charge in [0.1, 0.15) is 23.6 Å². The van der Waals surface area contributed by atoms with Crippen LogP contribution in [0.1, 0.15) is 78.7 Å². The second-order valence-electron chi connectivity index (χ2n) is 15.1. The number of hydrogen-bond donors (Lipinski definition) is 3. The average Bonchev–Trinajstić information content (AvgIpc) is 3.34. The first kappa shape index (κ1) is 30.3. The van der Waals surface area contributed by atoms with Crippen molar-refractivity contribution in [1.29, 1.82) is 0 Å². The Morgan fingerprint density at radius 2 is 1.84 bits per heavy atom. The highest BCUT2D eigenvalue weighted by molar-refractivity contribution is 5.87. The molecule has 1 aromatic heterocycles. The second kappa shape index (κ2) is 9.37. The molecule has 0 radical (unpaired) electrons. The van der Waals surface area contributed by atoms with Gasteiger partial charge in [-0.1, -0.05) is 34.6 Å². The number of ether oxygens (including phenoxy) is 4. The zero-order valence-corrected chi connectivity index (χ0v) is 26.1. The van der Waals surface area contributed by atoms with E-state index in [0.29, 0.717) is 12.8 Å². The first-order valence-corrected chi connectivity index (χ1v) is 15.9. The summed E-state index contributed by atoms with van der Waals surface area (Å²) in [4.78, 5) is 40.1. The van der Waals surface area contributed by atoms with Crippen molar-refractivity contribution in [2.24, 2.45) is 39.4 Å². The highest BCUT2D eigenvalue weighted by atomic mass is 16.7. The summed E-state index contributed by atoms with van der Waals surface area (Å²) in [5, 5.41) is 36.4. The minimum atomic E-state index is -1.52. The molecule has 1 spiro atoms. The Morgan fingerprint density at radius 1 is 1.11 bits per heavy atom. The smallest absolute Gasteiger partial charge is 0.310 e. The van der Waals surface area contributed by atoms with Crippen LogP contribution in [0.2, 0.25) is 0 Å². The third kappa shape index (κ3) is 3.27. The van der Waals surface area contributed by atoms with Crippen molar-refractivity contribution in [2.75, 3.05) is 6.61 Å². The predicted octanol–water partition coefficient (Wildman–Crippen LogP) is 2.49. The minimum Gasteiger partial charge on any atom is -0.472 e. The molecule has 1 aromatic rings. The van der Waals surface area contributed by atoms with Crippen LogP contribution in [0.4, 0.5) is 0 Å². The van der Waals surface area contributed by atoms with E-state index in [-0.39, 0.29) is 37.3 Å². The maximum absolute atomic E-state index is 14.8. The summed E-state index contributed by atoms with van der Waals surface area (Å²) in [5.74, 6) is -3.52. The number of ketones is 1. The normalized spacial score (nSPS) is 52.6. The van der Waals surface area contributed by atoms with Crippen LogP contribution < -0.4 is 0 Å².